The number of rotatable bonds is 2. The first-order chi connectivity index (χ1) is 6.06. The van der Waals surface area contributed by atoms with Crippen molar-refractivity contribution in [3.63, 3.8) is 0 Å². The second kappa shape index (κ2) is 4.36. The highest BCUT2D eigenvalue weighted by Crippen LogP contribution is 2.33. The molecule has 0 aliphatic carbocycles. The molecule has 1 rings (SSSR count). The van der Waals surface area contributed by atoms with Crippen molar-refractivity contribution in [3.8, 4) is 5.75 Å². The molecular weight excluding hydrogens is 314 g/mol. The molecule has 72 valence electrons. The number of alkyl halides is 2. The van der Waals surface area contributed by atoms with E-state index in [1.54, 1.807) is 22.6 Å². The first kappa shape index (κ1) is 10.9. The monoisotopic (exact) mass is 319 g/mol. The molecule has 1 aromatic heterocycles. The minimum absolute atomic E-state index is 0.0421. The van der Waals surface area contributed by atoms with Crippen molar-refractivity contribution in [1.82, 2.24) is 4.98 Å². The Morgan fingerprint density at radius 1 is 1.62 bits per heavy atom. The van der Waals surface area contributed by atoms with Gasteiger partial charge in [0.2, 0.25) is 0 Å². The molecule has 0 N–H and O–H groups in total. The molecule has 0 spiro atoms. The SMILES string of the molecule is COc1c(C(F)F)cc(Cl)nc1I. The van der Waals surface area contributed by atoms with Crippen LogP contribution in [-0.4, -0.2) is 12.1 Å². The van der Waals surface area contributed by atoms with Gasteiger partial charge < -0.3 is 4.74 Å². The third kappa shape index (κ3) is 2.40. The van der Waals surface area contributed by atoms with Gasteiger partial charge in [0.05, 0.1) is 12.7 Å². The zero-order valence-corrected chi connectivity index (χ0v) is 9.44. The van der Waals surface area contributed by atoms with E-state index in [0.717, 1.165) is 6.07 Å². The van der Waals surface area contributed by atoms with Crippen molar-refractivity contribution in [2.75, 3.05) is 7.11 Å². The van der Waals surface area contributed by atoms with Crippen LogP contribution < -0.4 is 4.74 Å². The van der Waals surface area contributed by atoms with E-state index in [1.165, 1.54) is 7.11 Å². The van der Waals surface area contributed by atoms with E-state index >= 15 is 0 Å². The van der Waals surface area contributed by atoms with Gasteiger partial charge in [-0.2, -0.15) is 0 Å². The quantitative estimate of drug-likeness (QED) is 0.616. The standard InChI is InChI=1S/C7H5ClF2INO/c1-13-5-3(6(9)10)2-4(8)12-7(5)11/h2,6H,1H3. The third-order valence-electron chi connectivity index (χ3n) is 1.37. The van der Waals surface area contributed by atoms with Crippen LogP contribution in [0.15, 0.2) is 6.07 Å². The molecule has 0 aliphatic heterocycles. The Kier molecular flexibility index (Phi) is 3.66. The fourth-order valence-electron chi connectivity index (χ4n) is 0.854. The van der Waals surface area contributed by atoms with E-state index in [2.05, 4.69) is 4.98 Å². The zero-order chi connectivity index (χ0) is 10.0. The van der Waals surface area contributed by atoms with Gasteiger partial charge in [-0.3, -0.25) is 0 Å². The van der Waals surface area contributed by atoms with Crippen LogP contribution in [0, 0.1) is 3.70 Å². The average Bonchev–Trinajstić information content (AvgIpc) is 2.02. The van der Waals surface area contributed by atoms with Crippen molar-refractivity contribution >= 4 is 34.2 Å². The maximum atomic E-state index is 12.4. The molecule has 0 saturated carbocycles. The van der Waals surface area contributed by atoms with E-state index in [9.17, 15) is 8.78 Å². The van der Waals surface area contributed by atoms with Gasteiger partial charge in [-0.25, -0.2) is 13.8 Å². The van der Waals surface area contributed by atoms with Gasteiger partial charge in [0.1, 0.15) is 8.85 Å². The third-order valence-corrected chi connectivity index (χ3v) is 2.29. The molecule has 0 unspecified atom stereocenters. The summed E-state index contributed by atoms with van der Waals surface area (Å²) in [6, 6.07) is 1.10. The molecule has 1 heterocycles. The molecule has 0 fully saturated rings. The summed E-state index contributed by atoms with van der Waals surface area (Å²) in [5.74, 6) is 0.0833. The van der Waals surface area contributed by atoms with Crippen LogP contribution in [0.3, 0.4) is 0 Å². The van der Waals surface area contributed by atoms with Crippen LogP contribution in [0.25, 0.3) is 0 Å². The van der Waals surface area contributed by atoms with Gasteiger partial charge in [0.15, 0.2) is 5.75 Å². The predicted octanol–water partition coefficient (Wildman–Crippen LogP) is 3.29. The maximum Gasteiger partial charge on any atom is 0.267 e. The van der Waals surface area contributed by atoms with Crippen LogP contribution in [0.2, 0.25) is 5.15 Å². The molecular formula is C7H5ClF2INO. The number of pyridine rings is 1. The van der Waals surface area contributed by atoms with Gasteiger partial charge >= 0.3 is 0 Å². The summed E-state index contributed by atoms with van der Waals surface area (Å²) in [7, 11) is 1.32. The Morgan fingerprint density at radius 2 is 2.23 bits per heavy atom. The van der Waals surface area contributed by atoms with Crippen molar-refractivity contribution in [2.45, 2.75) is 6.43 Å². The molecule has 0 amide bonds. The van der Waals surface area contributed by atoms with Crippen LogP contribution in [0.4, 0.5) is 8.78 Å². The average molecular weight is 319 g/mol. The number of ether oxygens (including phenoxy) is 1. The number of hydrogen-bond acceptors (Lipinski definition) is 2. The first-order valence-corrected chi connectivity index (χ1v) is 4.70. The van der Waals surface area contributed by atoms with Gasteiger partial charge in [-0.1, -0.05) is 11.6 Å². The fourth-order valence-corrected chi connectivity index (χ4v) is 1.99. The lowest BCUT2D eigenvalue weighted by atomic mass is 10.2. The summed E-state index contributed by atoms with van der Waals surface area (Å²) < 4.78 is 29.9. The Hall–Kier alpha value is -0.170. The number of nitrogens with zero attached hydrogens (tertiary/aromatic N) is 1. The lowest BCUT2D eigenvalue weighted by molar-refractivity contribution is 0.146. The molecule has 0 atom stereocenters. The summed E-state index contributed by atoms with van der Waals surface area (Å²) in [6.07, 6.45) is -2.61. The molecule has 0 radical (unpaired) electrons. The second-order valence-corrected chi connectivity index (χ2v) is 3.57. The molecule has 6 heteroatoms. The summed E-state index contributed by atoms with van der Waals surface area (Å²) in [4.78, 5) is 3.78. The smallest absolute Gasteiger partial charge is 0.267 e. The fraction of sp³-hybridized carbons (Fsp3) is 0.286. The largest absolute Gasteiger partial charge is 0.493 e. The van der Waals surface area contributed by atoms with Crippen LogP contribution >= 0.6 is 34.2 Å². The minimum Gasteiger partial charge on any atom is -0.493 e. The summed E-state index contributed by atoms with van der Waals surface area (Å²) >= 11 is 7.31. The van der Waals surface area contributed by atoms with Crippen molar-refractivity contribution in [2.24, 2.45) is 0 Å². The van der Waals surface area contributed by atoms with Crippen molar-refractivity contribution in [3.05, 3.63) is 20.5 Å². The zero-order valence-electron chi connectivity index (χ0n) is 6.52. The highest BCUT2D eigenvalue weighted by Gasteiger charge is 2.18. The predicted molar refractivity (Wildman–Crippen MR) is 53.5 cm³/mol. The number of aromatic nitrogens is 1. The maximum absolute atomic E-state index is 12.4. The summed E-state index contributed by atoms with van der Waals surface area (Å²) in [5.41, 5.74) is -0.230. The molecule has 13 heavy (non-hydrogen) atoms. The van der Waals surface area contributed by atoms with Crippen LogP contribution in [0.1, 0.15) is 12.0 Å². The molecule has 1 aromatic rings. The Balaban J connectivity index is 3.29. The van der Waals surface area contributed by atoms with E-state index < -0.39 is 6.43 Å². The lowest BCUT2D eigenvalue weighted by Gasteiger charge is -2.08. The summed E-state index contributed by atoms with van der Waals surface area (Å²) in [6.45, 7) is 0. The molecule has 0 bridgehead atoms. The van der Waals surface area contributed by atoms with Crippen molar-refractivity contribution in [1.29, 1.82) is 0 Å². The normalized spacial score (nSPS) is 10.6. The van der Waals surface area contributed by atoms with Crippen molar-refractivity contribution < 1.29 is 13.5 Å². The minimum atomic E-state index is -2.61. The van der Waals surface area contributed by atoms with Gasteiger partial charge in [0.25, 0.3) is 6.43 Å². The molecule has 0 saturated heterocycles. The first-order valence-electron chi connectivity index (χ1n) is 3.24. The lowest BCUT2D eigenvalue weighted by Crippen LogP contribution is -1.97. The highest BCUT2D eigenvalue weighted by molar-refractivity contribution is 14.1. The summed E-state index contributed by atoms with van der Waals surface area (Å²) in [5, 5.41) is 0.0421. The molecule has 2 nitrogen and oxygen atoms in total. The van der Waals surface area contributed by atoms with E-state index in [1.807, 2.05) is 0 Å². The number of halogens is 4. The van der Waals surface area contributed by atoms with Gasteiger partial charge in [-0.15, -0.1) is 0 Å². The molecule has 0 aromatic carbocycles. The van der Waals surface area contributed by atoms with Gasteiger partial charge in [-0.05, 0) is 28.7 Å². The van der Waals surface area contributed by atoms with Crippen LogP contribution in [0.5, 0.6) is 5.75 Å². The Morgan fingerprint density at radius 3 is 2.69 bits per heavy atom. The van der Waals surface area contributed by atoms with E-state index in [-0.39, 0.29) is 16.5 Å². The van der Waals surface area contributed by atoms with E-state index in [0.29, 0.717) is 3.70 Å². The van der Waals surface area contributed by atoms with Crippen LogP contribution in [-0.2, 0) is 0 Å². The molecule has 0 aliphatic rings. The topological polar surface area (TPSA) is 22.1 Å². The Bertz CT molecular complexity index is 322. The Labute approximate surface area is 92.4 Å². The number of hydrogen-bond donors (Lipinski definition) is 0. The van der Waals surface area contributed by atoms with Gasteiger partial charge in [0, 0.05) is 0 Å². The second-order valence-electron chi connectivity index (χ2n) is 2.16. The highest BCUT2D eigenvalue weighted by atomic mass is 127. The van der Waals surface area contributed by atoms with E-state index in [4.69, 9.17) is 16.3 Å². The number of methoxy groups -OCH3 is 1.